The van der Waals surface area contributed by atoms with E-state index in [1.165, 1.54) is 17.9 Å². The number of aromatic nitrogens is 2. The summed E-state index contributed by atoms with van der Waals surface area (Å²) in [6.07, 6.45) is 1.96. The lowest BCUT2D eigenvalue weighted by Crippen LogP contribution is -2.14. The Morgan fingerprint density at radius 1 is 1.15 bits per heavy atom. The molecule has 0 bridgehead atoms. The Morgan fingerprint density at radius 3 is 2.38 bits per heavy atom. The average molecular weight is 353 g/mol. The highest BCUT2D eigenvalue weighted by molar-refractivity contribution is 5.98. The zero-order valence-corrected chi connectivity index (χ0v) is 14.1. The fourth-order valence-corrected chi connectivity index (χ4v) is 2.37. The first-order chi connectivity index (χ1) is 12.6. The number of anilines is 1. The second-order valence-corrected chi connectivity index (χ2v) is 5.03. The molecule has 1 heterocycles. The van der Waals surface area contributed by atoms with Gasteiger partial charge in [-0.15, -0.1) is 0 Å². The summed E-state index contributed by atoms with van der Waals surface area (Å²) in [6, 6.07) is 14.2. The highest BCUT2D eigenvalue weighted by Crippen LogP contribution is 2.29. The van der Waals surface area contributed by atoms with Crippen LogP contribution < -0.4 is 16.8 Å². The van der Waals surface area contributed by atoms with Gasteiger partial charge in [-0.05, 0) is 30.8 Å². The SMILES string of the molecule is CN.NC(=O)c1nn(-c2ccc(-c3ccccc3O)cc2)cc1NC=O. The number of para-hydroxylation sites is 1. The van der Waals surface area contributed by atoms with E-state index < -0.39 is 5.91 Å². The van der Waals surface area contributed by atoms with E-state index in [0.717, 1.165) is 5.56 Å². The predicted octanol–water partition coefficient (Wildman–Crippen LogP) is 1.49. The number of hydrogen-bond donors (Lipinski definition) is 4. The molecule has 0 radical (unpaired) electrons. The summed E-state index contributed by atoms with van der Waals surface area (Å²) in [5, 5.41) is 16.4. The van der Waals surface area contributed by atoms with Crippen molar-refractivity contribution in [3.8, 4) is 22.6 Å². The number of phenolic OH excluding ortho intramolecular Hbond substituents is 1. The number of nitrogens with zero attached hydrogens (tertiary/aromatic N) is 2. The lowest BCUT2D eigenvalue weighted by molar-refractivity contribution is -0.105. The predicted molar refractivity (Wildman–Crippen MR) is 99.0 cm³/mol. The third-order valence-corrected chi connectivity index (χ3v) is 3.51. The smallest absolute Gasteiger partial charge is 0.271 e. The molecule has 3 aromatic rings. The van der Waals surface area contributed by atoms with E-state index in [9.17, 15) is 14.7 Å². The average Bonchev–Trinajstić information content (AvgIpc) is 3.09. The van der Waals surface area contributed by atoms with Gasteiger partial charge in [-0.3, -0.25) is 9.59 Å². The van der Waals surface area contributed by atoms with Crippen LogP contribution >= 0.6 is 0 Å². The molecule has 3 rings (SSSR count). The molecule has 0 saturated carbocycles. The Labute approximate surface area is 150 Å². The molecule has 0 aliphatic rings. The number of phenols is 1. The van der Waals surface area contributed by atoms with Gasteiger partial charge in [0.15, 0.2) is 5.69 Å². The first kappa shape index (κ1) is 18.7. The normalized spacial score (nSPS) is 9.77. The van der Waals surface area contributed by atoms with Crippen molar-refractivity contribution in [2.24, 2.45) is 11.5 Å². The summed E-state index contributed by atoms with van der Waals surface area (Å²) in [4.78, 5) is 22.0. The van der Waals surface area contributed by atoms with Crippen molar-refractivity contribution in [2.75, 3.05) is 12.4 Å². The first-order valence-corrected chi connectivity index (χ1v) is 7.66. The number of carbonyl (C=O) groups excluding carboxylic acids is 2. The third kappa shape index (κ3) is 3.87. The van der Waals surface area contributed by atoms with Crippen molar-refractivity contribution in [3.63, 3.8) is 0 Å². The first-order valence-electron chi connectivity index (χ1n) is 7.66. The topological polar surface area (TPSA) is 136 Å². The van der Waals surface area contributed by atoms with Crippen LogP contribution in [-0.4, -0.2) is 34.3 Å². The Hall–Kier alpha value is -3.65. The monoisotopic (exact) mass is 353 g/mol. The highest BCUT2D eigenvalue weighted by atomic mass is 16.3. The number of benzene rings is 2. The number of nitrogens with two attached hydrogens (primary N) is 2. The van der Waals surface area contributed by atoms with Crippen LogP contribution in [-0.2, 0) is 4.79 Å². The Balaban J connectivity index is 0.00000117. The number of primary amides is 1. The van der Waals surface area contributed by atoms with E-state index in [2.05, 4.69) is 16.1 Å². The van der Waals surface area contributed by atoms with E-state index in [1.54, 1.807) is 24.3 Å². The van der Waals surface area contributed by atoms with Crippen LogP contribution in [0.25, 0.3) is 16.8 Å². The molecule has 8 nitrogen and oxygen atoms in total. The summed E-state index contributed by atoms with van der Waals surface area (Å²) in [5.74, 6) is -0.540. The molecule has 1 aromatic heterocycles. The Morgan fingerprint density at radius 2 is 1.81 bits per heavy atom. The second-order valence-electron chi connectivity index (χ2n) is 5.03. The van der Waals surface area contributed by atoms with Crippen LogP contribution in [0.2, 0.25) is 0 Å². The maximum Gasteiger partial charge on any atom is 0.271 e. The molecular formula is C18H19N5O3. The Kier molecular flexibility index (Phi) is 6.07. The maximum absolute atomic E-state index is 11.4. The molecule has 2 aromatic carbocycles. The van der Waals surface area contributed by atoms with Gasteiger partial charge in [-0.25, -0.2) is 4.68 Å². The van der Waals surface area contributed by atoms with Crippen molar-refractivity contribution in [3.05, 3.63) is 60.4 Å². The fourth-order valence-electron chi connectivity index (χ4n) is 2.37. The van der Waals surface area contributed by atoms with Gasteiger partial charge in [0, 0.05) is 5.56 Å². The minimum atomic E-state index is -0.732. The molecule has 6 N–H and O–H groups in total. The summed E-state index contributed by atoms with van der Waals surface area (Å²) >= 11 is 0. The van der Waals surface area contributed by atoms with Crippen LogP contribution in [0.1, 0.15) is 10.5 Å². The molecule has 0 spiro atoms. The number of amides is 2. The third-order valence-electron chi connectivity index (χ3n) is 3.51. The standard InChI is InChI=1S/C17H14N4O3.CH5N/c18-17(24)16-14(19-10-22)9-21(20-16)12-7-5-11(6-8-12)13-3-1-2-4-15(13)23;1-2/h1-10,23H,(H2,18,24)(H,19,22);2H2,1H3. The maximum atomic E-state index is 11.4. The summed E-state index contributed by atoms with van der Waals surface area (Å²) in [5.41, 5.74) is 12.2. The molecule has 26 heavy (non-hydrogen) atoms. The molecule has 0 atom stereocenters. The largest absolute Gasteiger partial charge is 0.507 e. The molecule has 0 aliphatic carbocycles. The van der Waals surface area contributed by atoms with Crippen molar-refractivity contribution in [2.45, 2.75) is 0 Å². The molecular weight excluding hydrogens is 334 g/mol. The summed E-state index contributed by atoms with van der Waals surface area (Å²) < 4.78 is 1.44. The molecule has 0 aliphatic heterocycles. The van der Waals surface area contributed by atoms with Gasteiger partial charge in [0.2, 0.25) is 6.41 Å². The van der Waals surface area contributed by atoms with E-state index in [1.807, 2.05) is 24.3 Å². The lowest BCUT2D eigenvalue weighted by Gasteiger charge is -2.06. The summed E-state index contributed by atoms with van der Waals surface area (Å²) in [7, 11) is 1.50. The number of rotatable bonds is 5. The molecule has 8 heteroatoms. The van der Waals surface area contributed by atoms with Crippen molar-refractivity contribution in [1.29, 1.82) is 0 Å². The molecule has 134 valence electrons. The van der Waals surface area contributed by atoms with E-state index in [4.69, 9.17) is 5.73 Å². The number of carbonyl (C=O) groups is 2. The van der Waals surface area contributed by atoms with Gasteiger partial charge >= 0.3 is 0 Å². The van der Waals surface area contributed by atoms with Crippen molar-refractivity contribution < 1.29 is 14.7 Å². The number of aromatic hydroxyl groups is 1. The highest BCUT2D eigenvalue weighted by Gasteiger charge is 2.14. The van der Waals surface area contributed by atoms with Gasteiger partial charge in [-0.1, -0.05) is 30.3 Å². The molecule has 2 amide bonds. The van der Waals surface area contributed by atoms with Crippen LogP contribution in [0.5, 0.6) is 5.75 Å². The fraction of sp³-hybridized carbons (Fsp3) is 0.0556. The Bertz CT molecular complexity index is 903. The van der Waals surface area contributed by atoms with Crippen molar-refractivity contribution in [1.82, 2.24) is 9.78 Å². The van der Waals surface area contributed by atoms with E-state index in [-0.39, 0.29) is 17.1 Å². The zero-order valence-electron chi connectivity index (χ0n) is 14.1. The van der Waals surface area contributed by atoms with Crippen LogP contribution in [0.15, 0.2) is 54.7 Å². The van der Waals surface area contributed by atoms with Gasteiger partial charge in [0.25, 0.3) is 5.91 Å². The van der Waals surface area contributed by atoms with Gasteiger partial charge in [0.05, 0.1) is 17.6 Å². The molecule has 0 saturated heterocycles. The van der Waals surface area contributed by atoms with Crippen LogP contribution in [0.4, 0.5) is 5.69 Å². The lowest BCUT2D eigenvalue weighted by atomic mass is 10.0. The number of hydrogen-bond acceptors (Lipinski definition) is 5. The van der Waals surface area contributed by atoms with Gasteiger partial charge in [0.1, 0.15) is 5.75 Å². The summed E-state index contributed by atoms with van der Waals surface area (Å²) in [6.45, 7) is 0. The zero-order chi connectivity index (χ0) is 19.1. The van der Waals surface area contributed by atoms with Crippen molar-refractivity contribution >= 4 is 18.0 Å². The minimum Gasteiger partial charge on any atom is -0.507 e. The van der Waals surface area contributed by atoms with E-state index in [0.29, 0.717) is 17.7 Å². The van der Waals surface area contributed by atoms with Crippen LogP contribution in [0, 0.1) is 0 Å². The van der Waals surface area contributed by atoms with E-state index >= 15 is 0 Å². The number of nitrogens with one attached hydrogen (secondary N) is 1. The van der Waals surface area contributed by atoms with Gasteiger partial charge in [-0.2, -0.15) is 5.10 Å². The molecule has 0 fully saturated rings. The second kappa shape index (κ2) is 8.45. The quantitative estimate of drug-likeness (QED) is 0.515. The van der Waals surface area contributed by atoms with Crippen LogP contribution in [0.3, 0.4) is 0 Å². The van der Waals surface area contributed by atoms with Gasteiger partial charge < -0.3 is 21.9 Å². The minimum absolute atomic E-state index is 0.0214. The molecule has 0 unspecified atom stereocenters.